The van der Waals surface area contributed by atoms with Crippen molar-refractivity contribution < 1.29 is 14.3 Å². The summed E-state index contributed by atoms with van der Waals surface area (Å²) in [5.41, 5.74) is 3.79. The van der Waals surface area contributed by atoms with Crippen LogP contribution in [0.25, 0.3) is 0 Å². The third-order valence-corrected chi connectivity index (χ3v) is 6.82. The van der Waals surface area contributed by atoms with Crippen LogP contribution >= 0.6 is 0 Å². The normalized spacial score (nSPS) is 21.0. The highest BCUT2D eigenvalue weighted by molar-refractivity contribution is 5.77. The average Bonchev–Trinajstić information content (AvgIpc) is 3.49. The Kier molecular flexibility index (Phi) is 5.66. The first-order chi connectivity index (χ1) is 15.2. The molecule has 0 unspecified atom stereocenters. The number of ether oxygens (including phenoxy) is 1. The number of hydrogen-bond acceptors (Lipinski definition) is 4. The molecule has 1 atom stereocenters. The molecule has 0 aromatic heterocycles. The Morgan fingerprint density at radius 3 is 2.32 bits per heavy atom. The molecule has 0 bridgehead atoms. The maximum atomic E-state index is 12.4. The third kappa shape index (κ3) is 4.76. The predicted molar refractivity (Wildman–Crippen MR) is 120 cm³/mol. The summed E-state index contributed by atoms with van der Waals surface area (Å²) in [4.78, 5) is 28.0. The van der Waals surface area contributed by atoms with E-state index >= 15 is 0 Å². The summed E-state index contributed by atoms with van der Waals surface area (Å²) in [6.45, 7) is 3.14. The lowest BCUT2D eigenvalue weighted by Gasteiger charge is -2.40. The van der Waals surface area contributed by atoms with Crippen molar-refractivity contribution in [2.45, 2.75) is 38.0 Å². The first-order valence-electron chi connectivity index (χ1n) is 11.5. The summed E-state index contributed by atoms with van der Waals surface area (Å²) in [7, 11) is 0. The molecule has 2 aromatic carbocycles. The van der Waals surface area contributed by atoms with Gasteiger partial charge in [-0.05, 0) is 55.0 Å². The van der Waals surface area contributed by atoms with E-state index in [0.717, 1.165) is 32.0 Å². The van der Waals surface area contributed by atoms with Gasteiger partial charge in [0, 0.05) is 49.3 Å². The first kappa shape index (κ1) is 20.1. The van der Waals surface area contributed by atoms with E-state index in [-0.39, 0.29) is 17.8 Å². The van der Waals surface area contributed by atoms with E-state index in [2.05, 4.69) is 59.5 Å². The highest BCUT2D eigenvalue weighted by atomic mass is 16.5. The number of likely N-dealkylation sites (tertiary alicyclic amines) is 1. The molecule has 2 aliphatic heterocycles. The van der Waals surface area contributed by atoms with E-state index in [1.54, 1.807) is 0 Å². The van der Waals surface area contributed by atoms with Crippen LogP contribution in [-0.2, 0) is 14.3 Å². The van der Waals surface area contributed by atoms with Crippen molar-refractivity contribution in [3.05, 3.63) is 60.2 Å². The van der Waals surface area contributed by atoms with E-state index in [0.29, 0.717) is 25.4 Å². The molecule has 0 spiro atoms. The minimum atomic E-state index is -0.132. The monoisotopic (exact) mass is 418 g/mol. The van der Waals surface area contributed by atoms with Crippen LogP contribution in [-0.4, -0.2) is 43.0 Å². The van der Waals surface area contributed by atoms with Gasteiger partial charge in [0.2, 0.25) is 5.91 Å². The summed E-state index contributed by atoms with van der Waals surface area (Å²) >= 11 is 0. The molecule has 2 aromatic rings. The highest BCUT2D eigenvalue weighted by Gasteiger charge is 2.33. The number of amides is 1. The first-order valence-corrected chi connectivity index (χ1v) is 11.5. The Bertz CT molecular complexity index is 917. The van der Waals surface area contributed by atoms with Crippen LogP contribution in [0.3, 0.4) is 0 Å². The fourth-order valence-electron chi connectivity index (χ4n) is 4.58. The summed E-state index contributed by atoms with van der Waals surface area (Å²) in [5.74, 6) is 1.51. The number of esters is 1. The lowest BCUT2D eigenvalue weighted by atomic mass is 9.90. The number of hydrogen-bond donors (Lipinski definition) is 0. The smallest absolute Gasteiger partial charge is 0.306 e. The quantitative estimate of drug-likeness (QED) is 0.592. The van der Waals surface area contributed by atoms with E-state index in [1.165, 1.54) is 29.8 Å². The van der Waals surface area contributed by atoms with E-state index in [4.69, 9.17) is 4.74 Å². The predicted octanol–water partition coefficient (Wildman–Crippen LogP) is 4.50. The van der Waals surface area contributed by atoms with E-state index in [1.807, 2.05) is 4.90 Å². The second-order valence-electron chi connectivity index (χ2n) is 9.27. The minimum Gasteiger partial charge on any atom is -0.465 e. The van der Waals surface area contributed by atoms with Crippen molar-refractivity contribution in [3.8, 4) is 0 Å². The molecule has 1 saturated carbocycles. The van der Waals surface area contributed by atoms with Crippen LogP contribution < -0.4 is 4.90 Å². The fraction of sp³-hybridized carbons (Fsp3) is 0.462. The zero-order valence-electron chi connectivity index (χ0n) is 17.9. The second-order valence-corrected chi connectivity index (χ2v) is 9.27. The molecule has 1 aliphatic carbocycles. The van der Waals surface area contributed by atoms with Crippen LogP contribution in [0.1, 0.15) is 43.6 Å². The standard InChI is InChI=1S/C26H30N2O3/c29-25(13-8-20-14-26(30)31-18-20)27-16-22(17-27)21-9-11-24(12-10-21)28(15-19-6-7-19)23-4-2-1-3-5-23/h1-5,9-12,19-20,22H,6-8,13-18H2/t20-/m0/s1. The topological polar surface area (TPSA) is 49.9 Å². The number of carbonyl (C=O) groups is 2. The molecule has 162 valence electrons. The highest BCUT2D eigenvalue weighted by Crippen LogP contribution is 2.36. The minimum absolute atomic E-state index is 0.132. The van der Waals surface area contributed by atoms with Gasteiger partial charge in [-0.3, -0.25) is 9.59 Å². The molecule has 0 N–H and O–H groups in total. The van der Waals surface area contributed by atoms with Crippen LogP contribution in [0.2, 0.25) is 0 Å². The van der Waals surface area contributed by atoms with E-state index in [9.17, 15) is 9.59 Å². The SMILES string of the molecule is O=C1C[C@H](CCC(=O)N2CC(c3ccc(N(CC4CC4)c4ccccc4)cc3)C2)CO1. The molecule has 2 heterocycles. The molecule has 3 fully saturated rings. The van der Waals surface area contributed by atoms with Crippen molar-refractivity contribution in [3.63, 3.8) is 0 Å². The average molecular weight is 419 g/mol. The zero-order valence-corrected chi connectivity index (χ0v) is 17.9. The van der Waals surface area contributed by atoms with Gasteiger partial charge in [-0.15, -0.1) is 0 Å². The zero-order chi connectivity index (χ0) is 21.2. The van der Waals surface area contributed by atoms with Gasteiger partial charge in [0.25, 0.3) is 0 Å². The molecule has 1 amide bonds. The van der Waals surface area contributed by atoms with Gasteiger partial charge in [-0.25, -0.2) is 0 Å². The van der Waals surface area contributed by atoms with Gasteiger partial charge in [-0.1, -0.05) is 30.3 Å². The number of rotatable bonds is 8. The number of anilines is 2. The van der Waals surface area contributed by atoms with Gasteiger partial charge < -0.3 is 14.5 Å². The number of para-hydroxylation sites is 1. The number of benzene rings is 2. The van der Waals surface area contributed by atoms with Crippen molar-refractivity contribution in [1.29, 1.82) is 0 Å². The Balaban J connectivity index is 1.15. The second kappa shape index (κ2) is 8.74. The largest absolute Gasteiger partial charge is 0.465 e. The fourth-order valence-corrected chi connectivity index (χ4v) is 4.58. The van der Waals surface area contributed by atoms with Crippen molar-refractivity contribution in [2.75, 3.05) is 31.1 Å². The van der Waals surface area contributed by atoms with Crippen LogP contribution in [0.4, 0.5) is 11.4 Å². The van der Waals surface area contributed by atoms with Crippen molar-refractivity contribution in [1.82, 2.24) is 4.90 Å². The van der Waals surface area contributed by atoms with Crippen LogP contribution in [0.15, 0.2) is 54.6 Å². The number of carbonyl (C=O) groups excluding carboxylic acids is 2. The molecular formula is C26H30N2O3. The van der Waals surface area contributed by atoms with Gasteiger partial charge in [0.15, 0.2) is 0 Å². The molecule has 2 saturated heterocycles. The van der Waals surface area contributed by atoms with Crippen LogP contribution in [0, 0.1) is 11.8 Å². The molecule has 31 heavy (non-hydrogen) atoms. The molecular weight excluding hydrogens is 388 g/mol. The number of cyclic esters (lactones) is 1. The van der Waals surface area contributed by atoms with Gasteiger partial charge in [0.1, 0.15) is 0 Å². The third-order valence-electron chi connectivity index (χ3n) is 6.82. The molecule has 5 rings (SSSR count). The maximum Gasteiger partial charge on any atom is 0.306 e. The van der Waals surface area contributed by atoms with Gasteiger partial charge in [-0.2, -0.15) is 0 Å². The van der Waals surface area contributed by atoms with Gasteiger partial charge in [0.05, 0.1) is 13.0 Å². The van der Waals surface area contributed by atoms with Crippen molar-refractivity contribution >= 4 is 23.3 Å². The number of nitrogens with zero attached hydrogens (tertiary/aromatic N) is 2. The molecule has 3 aliphatic rings. The summed E-state index contributed by atoms with van der Waals surface area (Å²) in [5, 5.41) is 0. The Morgan fingerprint density at radius 2 is 1.68 bits per heavy atom. The summed E-state index contributed by atoms with van der Waals surface area (Å²) < 4.78 is 4.99. The Labute approximate surface area is 184 Å². The molecule has 5 heteroatoms. The molecule has 0 radical (unpaired) electrons. The van der Waals surface area contributed by atoms with E-state index < -0.39 is 0 Å². The summed E-state index contributed by atoms with van der Waals surface area (Å²) in [6, 6.07) is 19.5. The lowest BCUT2D eigenvalue weighted by Crippen LogP contribution is -2.48. The molecule has 5 nitrogen and oxygen atoms in total. The van der Waals surface area contributed by atoms with Crippen molar-refractivity contribution in [2.24, 2.45) is 11.8 Å². The lowest BCUT2D eigenvalue weighted by molar-refractivity contribution is -0.138. The Morgan fingerprint density at radius 1 is 0.968 bits per heavy atom. The Hall–Kier alpha value is -2.82. The van der Waals surface area contributed by atoms with Gasteiger partial charge >= 0.3 is 5.97 Å². The van der Waals surface area contributed by atoms with Crippen LogP contribution in [0.5, 0.6) is 0 Å². The maximum absolute atomic E-state index is 12.4. The summed E-state index contributed by atoms with van der Waals surface area (Å²) in [6.07, 6.45) is 4.38.